The Bertz CT molecular complexity index is 1170. The van der Waals surface area contributed by atoms with Crippen molar-refractivity contribution in [1.29, 1.82) is 0 Å². The van der Waals surface area contributed by atoms with Crippen LogP contribution in [0, 0.1) is 6.92 Å². The Balaban J connectivity index is 1.98. The average molecular weight is 380 g/mol. The molecule has 0 spiro atoms. The van der Waals surface area contributed by atoms with Crippen molar-refractivity contribution in [2.45, 2.75) is 19.9 Å². The summed E-state index contributed by atoms with van der Waals surface area (Å²) < 4.78 is 0. The van der Waals surface area contributed by atoms with Gasteiger partial charge in [-0.25, -0.2) is 0 Å². The van der Waals surface area contributed by atoms with E-state index in [1.807, 2.05) is 26.0 Å². The number of nitrogens with one attached hydrogen (secondary N) is 4. The zero-order chi connectivity index (χ0) is 19.8. The summed E-state index contributed by atoms with van der Waals surface area (Å²) in [6, 6.07) is 3.75. The number of hydrogen-bond acceptors (Lipinski definition) is 4. The van der Waals surface area contributed by atoms with Gasteiger partial charge < -0.3 is 25.2 Å². The lowest BCUT2D eigenvalue weighted by Gasteiger charge is -2.18. The molecule has 1 aromatic heterocycles. The molecule has 4 heterocycles. The molecular formula is C20H24N6O2. The van der Waals surface area contributed by atoms with Gasteiger partial charge in [0.25, 0.3) is 11.5 Å². The van der Waals surface area contributed by atoms with Crippen molar-refractivity contribution in [3.8, 4) is 11.3 Å². The number of nitrogens with zero attached hydrogens (tertiary/aromatic N) is 2. The normalized spacial score (nSPS) is 19.5. The molecule has 2 bridgehead atoms. The lowest BCUT2D eigenvalue weighted by Crippen LogP contribution is -2.36. The highest BCUT2D eigenvalue weighted by molar-refractivity contribution is 5.97. The summed E-state index contributed by atoms with van der Waals surface area (Å²) in [6.45, 7) is 5.87. The third kappa shape index (κ3) is 3.38. The van der Waals surface area contributed by atoms with Gasteiger partial charge in [-0.3, -0.25) is 14.6 Å². The van der Waals surface area contributed by atoms with Crippen LogP contribution in [0.2, 0.25) is 0 Å². The molecule has 3 aliphatic rings. The molecule has 1 aromatic rings. The van der Waals surface area contributed by atoms with Gasteiger partial charge in [0.1, 0.15) is 5.49 Å². The van der Waals surface area contributed by atoms with E-state index in [0.717, 1.165) is 11.3 Å². The van der Waals surface area contributed by atoms with Crippen molar-refractivity contribution in [3.05, 3.63) is 56.3 Å². The molecule has 4 N–H and O–H groups in total. The number of H-pyrrole nitrogens is 3. The van der Waals surface area contributed by atoms with Crippen LogP contribution in [-0.4, -0.2) is 58.5 Å². The zero-order valence-electron chi connectivity index (χ0n) is 16.2. The molecule has 0 unspecified atom stereocenters. The Hall–Kier alpha value is -3.13. The lowest BCUT2D eigenvalue weighted by molar-refractivity contribution is 0.0796. The number of carbonyl (C=O) groups is 1. The molecule has 146 valence electrons. The number of likely N-dealkylation sites (N-methyl/N-ethyl adjacent to an activating group) is 1. The molecule has 8 nitrogen and oxygen atoms in total. The first-order chi connectivity index (χ1) is 13.4. The average Bonchev–Trinajstić information content (AvgIpc) is 3.17. The van der Waals surface area contributed by atoms with Crippen molar-refractivity contribution < 1.29 is 4.79 Å². The van der Waals surface area contributed by atoms with Crippen molar-refractivity contribution in [2.75, 3.05) is 26.7 Å². The minimum absolute atomic E-state index is 0.0494. The molecule has 0 fully saturated rings. The SMILES string of the molecule is Cc1cc2c([nH]1)/C=c1/c3cc([nH]cc-3[nH]c1=O)=N[C@@H](C)CNCCN(C)C2=O. The van der Waals surface area contributed by atoms with E-state index < -0.39 is 0 Å². The van der Waals surface area contributed by atoms with Gasteiger partial charge in [-0.15, -0.1) is 0 Å². The Morgan fingerprint density at radius 1 is 1.18 bits per heavy atom. The highest BCUT2D eigenvalue weighted by Crippen LogP contribution is 2.15. The highest BCUT2D eigenvalue weighted by Gasteiger charge is 2.18. The third-order valence-corrected chi connectivity index (χ3v) is 4.99. The fourth-order valence-corrected chi connectivity index (χ4v) is 3.53. The number of aromatic nitrogens is 3. The second-order valence-electron chi connectivity index (χ2n) is 7.35. The van der Waals surface area contributed by atoms with Gasteiger partial charge in [-0.2, -0.15) is 0 Å². The molecule has 1 amide bonds. The number of amides is 1. The smallest absolute Gasteiger partial charge is 0.256 e. The van der Waals surface area contributed by atoms with Crippen LogP contribution < -0.4 is 21.6 Å². The predicted molar refractivity (Wildman–Crippen MR) is 107 cm³/mol. The number of rotatable bonds is 0. The molecule has 3 aliphatic heterocycles. The maximum absolute atomic E-state index is 12.9. The fraction of sp³-hybridized carbons (Fsp3) is 0.350. The van der Waals surface area contributed by atoms with Crippen molar-refractivity contribution in [2.24, 2.45) is 4.99 Å². The van der Waals surface area contributed by atoms with Gasteiger partial charge in [0, 0.05) is 44.1 Å². The molecule has 0 saturated heterocycles. The summed E-state index contributed by atoms with van der Waals surface area (Å²) >= 11 is 0. The maximum Gasteiger partial charge on any atom is 0.256 e. The lowest BCUT2D eigenvalue weighted by atomic mass is 10.1. The minimum Gasteiger partial charge on any atom is -0.358 e. The second kappa shape index (κ2) is 7.12. The van der Waals surface area contributed by atoms with Crippen LogP contribution in [0.1, 0.15) is 28.7 Å². The van der Waals surface area contributed by atoms with Crippen LogP contribution >= 0.6 is 0 Å². The van der Waals surface area contributed by atoms with Crippen LogP contribution in [0.15, 0.2) is 28.1 Å². The molecule has 28 heavy (non-hydrogen) atoms. The van der Waals surface area contributed by atoms with E-state index in [0.29, 0.717) is 47.3 Å². The van der Waals surface area contributed by atoms with Gasteiger partial charge in [0.15, 0.2) is 0 Å². The number of aryl methyl sites for hydroxylation is 1. The van der Waals surface area contributed by atoms with Crippen LogP contribution in [0.3, 0.4) is 0 Å². The summed E-state index contributed by atoms with van der Waals surface area (Å²) in [5.41, 5.74) is 4.06. The molecule has 4 rings (SSSR count). The third-order valence-electron chi connectivity index (χ3n) is 4.99. The summed E-state index contributed by atoms with van der Waals surface area (Å²) in [4.78, 5) is 41.1. The second-order valence-corrected chi connectivity index (χ2v) is 7.35. The van der Waals surface area contributed by atoms with Crippen molar-refractivity contribution in [3.63, 3.8) is 0 Å². The molecule has 0 radical (unpaired) electrons. The topological polar surface area (TPSA) is 109 Å². The summed E-state index contributed by atoms with van der Waals surface area (Å²) in [5, 5.41) is 3.86. The molecule has 0 aromatic carbocycles. The number of pyridine rings is 1. The predicted octanol–water partition coefficient (Wildman–Crippen LogP) is -0.0436. The van der Waals surface area contributed by atoms with Crippen LogP contribution in [0.5, 0.6) is 0 Å². The molecule has 0 aliphatic carbocycles. The number of carbonyl (C=O) groups excluding carboxylic acids is 1. The van der Waals surface area contributed by atoms with E-state index in [1.54, 1.807) is 24.2 Å². The van der Waals surface area contributed by atoms with E-state index in [1.165, 1.54) is 0 Å². The fourth-order valence-electron chi connectivity index (χ4n) is 3.53. The molecule has 8 heteroatoms. The van der Waals surface area contributed by atoms with E-state index in [9.17, 15) is 9.59 Å². The van der Waals surface area contributed by atoms with E-state index in [-0.39, 0.29) is 17.5 Å². The number of hydrogen-bond donors (Lipinski definition) is 4. The molecular weight excluding hydrogens is 356 g/mol. The number of fused-ring (bicyclic) bond motifs is 2. The van der Waals surface area contributed by atoms with Crippen molar-refractivity contribution >= 4 is 12.0 Å². The first-order valence-corrected chi connectivity index (χ1v) is 9.38. The van der Waals surface area contributed by atoms with Crippen molar-refractivity contribution in [1.82, 2.24) is 25.2 Å². The zero-order valence-corrected chi connectivity index (χ0v) is 16.2. The van der Waals surface area contributed by atoms with Crippen LogP contribution in [0.25, 0.3) is 17.3 Å². The number of aromatic amines is 3. The highest BCUT2D eigenvalue weighted by atomic mass is 16.2. The standard InChI is InChI=1S/C20H24N6O2/c1-11-6-15-16(23-11)7-14-13-8-18(22-10-17(13)25-19(14)27)24-12(2)9-21-4-5-26(3)20(15)28/h6-8,10,12,21,23H,4-5,9H2,1-3H3,(H,22,24)(H,25,27)/b14-7-/t12-/m0/s1. The molecule has 1 atom stereocenters. The maximum atomic E-state index is 12.9. The van der Waals surface area contributed by atoms with E-state index in [4.69, 9.17) is 0 Å². The Labute approximate surface area is 161 Å². The Kier molecular flexibility index (Phi) is 4.64. The largest absolute Gasteiger partial charge is 0.358 e. The van der Waals surface area contributed by atoms with Crippen LogP contribution in [-0.2, 0) is 0 Å². The van der Waals surface area contributed by atoms with Gasteiger partial charge >= 0.3 is 0 Å². The monoisotopic (exact) mass is 380 g/mol. The van der Waals surface area contributed by atoms with E-state index in [2.05, 4.69) is 25.3 Å². The van der Waals surface area contributed by atoms with Gasteiger partial charge in [-0.05, 0) is 32.1 Å². The van der Waals surface area contributed by atoms with Gasteiger partial charge in [0.05, 0.1) is 28.2 Å². The quantitative estimate of drug-likeness (QED) is 0.439. The summed E-state index contributed by atoms with van der Waals surface area (Å²) in [5.74, 6) is -0.0775. The minimum atomic E-state index is -0.196. The summed E-state index contributed by atoms with van der Waals surface area (Å²) in [7, 11) is 1.79. The first-order valence-electron chi connectivity index (χ1n) is 9.38. The van der Waals surface area contributed by atoms with Gasteiger partial charge in [0.2, 0.25) is 0 Å². The first kappa shape index (κ1) is 18.2. The van der Waals surface area contributed by atoms with Crippen LogP contribution in [0.4, 0.5) is 0 Å². The van der Waals surface area contributed by atoms with Gasteiger partial charge in [-0.1, -0.05) is 0 Å². The Morgan fingerprint density at radius 2 is 2.00 bits per heavy atom. The summed E-state index contributed by atoms with van der Waals surface area (Å²) in [6.07, 6.45) is 3.51. The van der Waals surface area contributed by atoms with E-state index >= 15 is 0 Å². The Morgan fingerprint density at radius 3 is 2.82 bits per heavy atom. The molecule has 0 saturated carbocycles.